The molecule has 2 atom stereocenters. The Balaban J connectivity index is 2.25. The summed E-state index contributed by atoms with van der Waals surface area (Å²) in [6.07, 6.45) is 2.40. The number of esters is 1. The molecule has 0 aliphatic carbocycles. The van der Waals surface area contributed by atoms with Crippen molar-refractivity contribution in [2.75, 3.05) is 12.3 Å². The summed E-state index contributed by atoms with van der Waals surface area (Å²) in [6.45, 7) is 8.22. The zero-order valence-electron chi connectivity index (χ0n) is 10.7. The van der Waals surface area contributed by atoms with Gasteiger partial charge in [-0.2, -0.15) is 11.8 Å². The van der Waals surface area contributed by atoms with Gasteiger partial charge in [-0.3, -0.25) is 4.79 Å². The minimum absolute atomic E-state index is 0.157. The zero-order chi connectivity index (χ0) is 12.2. The van der Waals surface area contributed by atoms with Crippen LogP contribution in [0.5, 0.6) is 0 Å². The molecule has 1 fully saturated rings. The van der Waals surface area contributed by atoms with Crippen molar-refractivity contribution in [3.63, 3.8) is 0 Å². The Kier molecular flexibility index (Phi) is 5.12. The van der Waals surface area contributed by atoms with Crippen molar-refractivity contribution in [2.45, 2.75) is 57.4 Å². The molecule has 4 heteroatoms. The zero-order valence-corrected chi connectivity index (χ0v) is 11.5. The van der Waals surface area contributed by atoms with E-state index in [4.69, 9.17) is 4.74 Å². The fraction of sp³-hybridized carbons (Fsp3) is 0.917. The van der Waals surface area contributed by atoms with Gasteiger partial charge in [-0.05, 0) is 39.4 Å². The molecule has 0 amide bonds. The van der Waals surface area contributed by atoms with Gasteiger partial charge in [0.05, 0.1) is 6.54 Å². The van der Waals surface area contributed by atoms with E-state index >= 15 is 0 Å². The highest BCUT2D eigenvalue weighted by Gasteiger charge is 2.23. The minimum atomic E-state index is -0.383. The summed E-state index contributed by atoms with van der Waals surface area (Å²) in [5.41, 5.74) is -0.383. The maximum atomic E-state index is 11.5. The van der Waals surface area contributed by atoms with E-state index in [1.807, 2.05) is 32.5 Å². The van der Waals surface area contributed by atoms with Crippen LogP contribution in [-0.2, 0) is 9.53 Å². The number of thioether (sulfide) groups is 1. The van der Waals surface area contributed by atoms with Crippen molar-refractivity contribution >= 4 is 17.7 Å². The van der Waals surface area contributed by atoms with Gasteiger partial charge in [0.25, 0.3) is 0 Å². The van der Waals surface area contributed by atoms with Gasteiger partial charge in [-0.15, -0.1) is 0 Å². The summed E-state index contributed by atoms with van der Waals surface area (Å²) in [7, 11) is 0. The van der Waals surface area contributed by atoms with Crippen LogP contribution in [0.4, 0.5) is 0 Å². The summed E-state index contributed by atoms with van der Waals surface area (Å²) in [6, 6.07) is 0.450. The molecule has 1 heterocycles. The smallest absolute Gasteiger partial charge is 0.320 e. The Hall–Kier alpha value is -0.220. The first-order chi connectivity index (χ1) is 7.38. The van der Waals surface area contributed by atoms with Crippen LogP contribution in [0.15, 0.2) is 0 Å². The summed E-state index contributed by atoms with van der Waals surface area (Å²) >= 11 is 1.98. The molecule has 1 saturated heterocycles. The molecule has 0 aromatic heterocycles. The lowest BCUT2D eigenvalue weighted by atomic mass is 10.1. The largest absolute Gasteiger partial charge is 0.459 e. The van der Waals surface area contributed by atoms with E-state index in [2.05, 4.69) is 12.2 Å². The maximum absolute atomic E-state index is 11.5. The van der Waals surface area contributed by atoms with Crippen molar-refractivity contribution in [1.82, 2.24) is 5.32 Å². The molecule has 1 aliphatic rings. The summed E-state index contributed by atoms with van der Waals surface area (Å²) in [5, 5.41) is 3.89. The van der Waals surface area contributed by atoms with Gasteiger partial charge >= 0.3 is 5.97 Å². The lowest BCUT2D eigenvalue weighted by Gasteiger charge is -2.29. The highest BCUT2D eigenvalue weighted by Crippen LogP contribution is 2.24. The lowest BCUT2D eigenvalue weighted by molar-refractivity contribution is -0.153. The Morgan fingerprint density at radius 1 is 1.50 bits per heavy atom. The van der Waals surface area contributed by atoms with Gasteiger partial charge in [0.2, 0.25) is 0 Å². The Labute approximate surface area is 103 Å². The molecule has 16 heavy (non-hydrogen) atoms. The summed E-state index contributed by atoms with van der Waals surface area (Å²) < 4.78 is 5.26. The molecule has 0 radical (unpaired) electrons. The third kappa shape index (κ3) is 5.21. The molecule has 3 nitrogen and oxygen atoms in total. The first kappa shape index (κ1) is 13.8. The van der Waals surface area contributed by atoms with E-state index < -0.39 is 0 Å². The first-order valence-electron chi connectivity index (χ1n) is 5.95. The van der Waals surface area contributed by atoms with Crippen LogP contribution >= 0.6 is 11.8 Å². The van der Waals surface area contributed by atoms with Gasteiger partial charge in [0, 0.05) is 11.3 Å². The van der Waals surface area contributed by atoms with Crippen LogP contribution in [0, 0.1) is 0 Å². The molecule has 0 spiro atoms. The van der Waals surface area contributed by atoms with E-state index in [0.29, 0.717) is 17.8 Å². The van der Waals surface area contributed by atoms with Crippen LogP contribution in [-0.4, -0.2) is 35.2 Å². The fourth-order valence-corrected chi connectivity index (χ4v) is 2.95. The van der Waals surface area contributed by atoms with Crippen molar-refractivity contribution in [1.29, 1.82) is 0 Å². The monoisotopic (exact) mass is 245 g/mol. The number of ether oxygens (including phenoxy) is 1. The summed E-state index contributed by atoms with van der Waals surface area (Å²) in [5.74, 6) is 1.08. The normalized spacial score (nSPS) is 26.5. The van der Waals surface area contributed by atoms with Crippen LogP contribution in [0.3, 0.4) is 0 Å². The molecular formula is C12H23NO2S. The minimum Gasteiger partial charge on any atom is -0.459 e. The third-order valence-electron chi connectivity index (χ3n) is 2.54. The maximum Gasteiger partial charge on any atom is 0.320 e. The predicted molar refractivity (Wildman–Crippen MR) is 68.8 cm³/mol. The molecule has 0 saturated carbocycles. The topological polar surface area (TPSA) is 38.3 Å². The van der Waals surface area contributed by atoms with Gasteiger partial charge < -0.3 is 10.1 Å². The number of rotatable bonds is 3. The molecule has 1 N–H and O–H groups in total. The van der Waals surface area contributed by atoms with Gasteiger partial charge in [0.15, 0.2) is 0 Å². The van der Waals surface area contributed by atoms with E-state index in [0.717, 1.165) is 6.42 Å². The molecule has 2 unspecified atom stereocenters. The van der Waals surface area contributed by atoms with E-state index in [9.17, 15) is 4.79 Å². The predicted octanol–water partition coefficient (Wildman–Crippen LogP) is 2.20. The Morgan fingerprint density at radius 2 is 2.19 bits per heavy atom. The van der Waals surface area contributed by atoms with Crippen molar-refractivity contribution in [3.05, 3.63) is 0 Å². The average molecular weight is 245 g/mol. The van der Waals surface area contributed by atoms with E-state index in [1.165, 1.54) is 12.2 Å². The van der Waals surface area contributed by atoms with Crippen molar-refractivity contribution < 1.29 is 9.53 Å². The van der Waals surface area contributed by atoms with E-state index in [-0.39, 0.29) is 11.6 Å². The highest BCUT2D eigenvalue weighted by atomic mass is 32.2. The van der Waals surface area contributed by atoms with Gasteiger partial charge in [0.1, 0.15) is 5.60 Å². The SMILES string of the molecule is CC1SCCCC1NCC(=O)OC(C)(C)C. The van der Waals surface area contributed by atoms with Crippen molar-refractivity contribution in [3.8, 4) is 0 Å². The number of carbonyl (C=O) groups excluding carboxylic acids is 1. The molecular weight excluding hydrogens is 222 g/mol. The van der Waals surface area contributed by atoms with Gasteiger partial charge in [-0.25, -0.2) is 0 Å². The van der Waals surface area contributed by atoms with Crippen LogP contribution < -0.4 is 5.32 Å². The van der Waals surface area contributed by atoms with Crippen LogP contribution in [0.1, 0.15) is 40.5 Å². The Morgan fingerprint density at radius 3 is 2.75 bits per heavy atom. The number of carbonyl (C=O) groups is 1. The molecule has 0 aromatic carbocycles. The van der Waals surface area contributed by atoms with Crippen molar-refractivity contribution in [2.24, 2.45) is 0 Å². The van der Waals surface area contributed by atoms with Crippen LogP contribution in [0.25, 0.3) is 0 Å². The van der Waals surface area contributed by atoms with Crippen LogP contribution in [0.2, 0.25) is 0 Å². The molecule has 1 aliphatic heterocycles. The first-order valence-corrected chi connectivity index (χ1v) is 7.00. The third-order valence-corrected chi connectivity index (χ3v) is 3.91. The van der Waals surface area contributed by atoms with Gasteiger partial charge in [-0.1, -0.05) is 6.92 Å². The quantitative estimate of drug-likeness (QED) is 0.774. The number of hydrogen-bond donors (Lipinski definition) is 1. The molecule has 0 bridgehead atoms. The second-order valence-electron chi connectivity index (χ2n) is 5.29. The van der Waals surface area contributed by atoms with E-state index in [1.54, 1.807) is 0 Å². The molecule has 0 aromatic rings. The molecule has 94 valence electrons. The number of nitrogens with one attached hydrogen (secondary N) is 1. The Bertz CT molecular complexity index is 238. The second kappa shape index (κ2) is 5.92. The lowest BCUT2D eigenvalue weighted by Crippen LogP contribution is -2.43. The second-order valence-corrected chi connectivity index (χ2v) is 6.78. The molecule has 1 rings (SSSR count). The highest BCUT2D eigenvalue weighted by molar-refractivity contribution is 7.99. The summed E-state index contributed by atoms with van der Waals surface area (Å²) in [4.78, 5) is 11.5. The standard InChI is InChI=1S/C12H23NO2S/c1-9-10(6-5-7-16-9)13-8-11(14)15-12(2,3)4/h9-10,13H,5-8H2,1-4H3. The number of hydrogen-bond acceptors (Lipinski definition) is 4. The fourth-order valence-electron chi connectivity index (χ4n) is 1.78. The average Bonchev–Trinajstić information content (AvgIpc) is 2.14.